The molecule has 0 amide bonds. The number of nitrogens with one attached hydrogen (secondary N) is 1. The molecule has 26 heavy (non-hydrogen) atoms. The molecule has 0 unspecified atom stereocenters. The molecule has 2 aromatic carbocycles. The highest BCUT2D eigenvalue weighted by Crippen LogP contribution is 2.42. The van der Waals surface area contributed by atoms with Gasteiger partial charge >= 0.3 is 5.97 Å². The van der Waals surface area contributed by atoms with E-state index in [0.29, 0.717) is 39.1 Å². The predicted octanol–water partition coefficient (Wildman–Crippen LogP) is 4.14. The number of ether oxygens (including phenoxy) is 3. The fourth-order valence-corrected chi connectivity index (χ4v) is 3.18. The molecule has 0 aliphatic carbocycles. The lowest BCUT2D eigenvalue weighted by molar-refractivity contribution is -0.136. The molecule has 3 rings (SSSR count). The minimum Gasteiger partial charge on any atom is -0.496 e. The first kappa shape index (κ1) is 17.9. The molecule has 0 aliphatic heterocycles. The Kier molecular flexibility index (Phi) is 4.95. The van der Waals surface area contributed by atoms with Crippen LogP contribution in [0.5, 0.6) is 17.2 Å². The van der Waals surface area contributed by atoms with E-state index in [4.69, 9.17) is 25.8 Å². The van der Waals surface area contributed by atoms with E-state index >= 15 is 0 Å². The molecule has 1 aromatic heterocycles. The molecule has 3 aromatic rings. The third-order valence-electron chi connectivity index (χ3n) is 4.17. The van der Waals surface area contributed by atoms with Gasteiger partial charge in [-0.15, -0.1) is 0 Å². The Balaban J connectivity index is 2.32. The summed E-state index contributed by atoms with van der Waals surface area (Å²) in [6.07, 6.45) is -0.160. The van der Waals surface area contributed by atoms with Crippen molar-refractivity contribution < 1.29 is 24.1 Å². The number of methoxy groups -OCH3 is 3. The van der Waals surface area contributed by atoms with Gasteiger partial charge in [-0.1, -0.05) is 11.6 Å². The van der Waals surface area contributed by atoms with Crippen LogP contribution < -0.4 is 14.2 Å². The number of rotatable bonds is 6. The fraction of sp³-hybridized carbons (Fsp3) is 0.211. The Bertz CT molecular complexity index is 980. The van der Waals surface area contributed by atoms with Crippen molar-refractivity contribution in [1.29, 1.82) is 0 Å². The van der Waals surface area contributed by atoms with E-state index in [2.05, 4.69) is 4.98 Å². The van der Waals surface area contributed by atoms with Gasteiger partial charge < -0.3 is 24.3 Å². The molecule has 0 atom stereocenters. The van der Waals surface area contributed by atoms with Crippen LogP contribution in [0.1, 0.15) is 5.56 Å². The Labute approximate surface area is 155 Å². The van der Waals surface area contributed by atoms with Crippen molar-refractivity contribution in [2.45, 2.75) is 6.42 Å². The number of aromatic amines is 1. The lowest BCUT2D eigenvalue weighted by atomic mass is 10.0. The van der Waals surface area contributed by atoms with Crippen LogP contribution >= 0.6 is 11.6 Å². The average Bonchev–Trinajstić information content (AvgIpc) is 2.97. The standard InChI is InChI=1S/C19H18ClNO5/c1-24-15-9-17(26-3)16(25-2)7-13(15)19-12(8-18(22)23)11-6-10(20)4-5-14(11)21-19/h4-7,9,21H,8H2,1-3H3,(H,22,23). The van der Waals surface area contributed by atoms with Crippen LogP contribution in [0.3, 0.4) is 0 Å². The number of halogens is 1. The molecule has 136 valence electrons. The smallest absolute Gasteiger partial charge is 0.307 e. The Hall–Kier alpha value is -2.86. The van der Waals surface area contributed by atoms with Crippen LogP contribution in [0.15, 0.2) is 30.3 Å². The molecule has 0 saturated heterocycles. The molecule has 1 heterocycles. The van der Waals surface area contributed by atoms with Gasteiger partial charge in [0.05, 0.1) is 33.4 Å². The van der Waals surface area contributed by atoms with Gasteiger partial charge in [0, 0.05) is 27.6 Å². The molecule has 0 saturated carbocycles. The number of fused-ring (bicyclic) bond motifs is 1. The number of benzene rings is 2. The normalized spacial score (nSPS) is 10.8. The molecular weight excluding hydrogens is 358 g/mol. The summed E-state index contributed by atoms with van der Waals surface area (Å²) in [5.41, 5.74) is 2.73. The lowest BCUT2D eigenvalue weighted by Crippen LogP contribution is -2.02. The van der Waals surface area contributed by atoms with Crippen LogP contribution in [0, 0.1) is 0 Å². The van der Waals surface area contributed by atoms with Gasteiger partial charge in [-0.2, -0.15) is 0 Å². The zero-order chi connectivity index (χ0) is 18.8. The summed E-state index contributed by atoms with van der Waals surface area (Å²) in [5.74, 6) is 0.631. The molecular formula is C19H18ClNO5. The SMILES string of the molecule is COc1cc(OC)c(-c2[nH]c3ccc(Cl)cc3c2CC(=O)O)cc1OC. The highest BCUT2D eigenvalue weighted by Gasteiger charge is 2.21. The van der Waals surface area contributed by atoms with Gasteiger partial charge in [-0.05, 0) is 29.8 Å². The van der Waals surface area contributed by atoms with E-state index in [9.17, 15) is 9.90 Å². The summed E-state index contributed by atoms with van der Waals surface area (Å²) in [6, 6.07) is 8.79. The Morgan fingerprint density at radius 1 is 1.04 bits per heavy atom. The van der Waals surface area contributed by atoms with Crippen molar-refractivity contribution in [3.05, 3.63) is 40.9 Å². The minimum absolute atomic E-state index is 0.160. The van der Waals surface area contributed by atoms with Crippen LogP contribution in [-0.4, -0.2) is 37.4 Å². The van der Waals surface area contributed by atoms with Gasteiger partial charge in [-0.3, -0.25) is 4.79 Å². The van der Waals surface area contributed by atoms with E-state index in [1.54, 1.807) is 31.4 Å². The molecule has 6 nitrogen and oxygen atoms in total. The first-order chi connectivity index (χ1) is 12.5. The Morgan fingerprint density at radius 2 is 1.69 bits per heavy atom. The lowest BCUT2D eigenvalue weighted by Gasteiger charge is -2.14. The third-order valence-corrected chi connectivity index (χ3v) is 4.41. The van der Waals surface area contributed by atoms with Gasteiger partial charge in [0.1, 0.15) is 5.75 Å². The van der Waals surface area contributed by atoms with E-state index in [-0.39, 0.29) is 6.42 Å². The van der Waals surface area contributed by atoms with Crippen LogP contribution in [0.4, 0.5) is 0 Å². The van der Waals surface area contributed by atoms with E-state index in [0.717, 1.165) is 10.9 Å². The largest absolute Gasteiger partial charge is 0.496 e. The zero-order valence-corrected chi connectivity index (χ0v) is 15.3. The van der Waals surface area contributed by atoms with Crippen LogP contribution in [0.2, 0.25) is 5.02 Å². The summed E-state index contributed by atoms with van der Waals surface area (Å²) >= 11 is 6.11. The summed E-state index contributed by atoms with van der Waals surface area (Å²) in [7, 11) is 4.62. The number of carboxylic acid groups (broad SMARTS) is 1. The van der Waals surface area contributed by atoms with Crippen molar-refractivity contribution >= 4 is 28.5 Å². The molecule has 0 aliphatic rings. The van der Waals surface area contributed by atoms with Gasteiger partial charge in [0.2, 0.25) is 0 Å². The van der Waals surface area contributed by atoms with E-state index in [1.807, 2.05) is 6.07 Å². The first-order valence-corrected chi connectivity index (χ1v) is 8.18. The number of hydrogen-bond acceptors (Lipinski definition) is 4. The Morgan fingerprint density at radius 3 is 2.31 bits per heavy atom. The maximum absolute atomic E-state index is 11.4. The van der Waals surface area contributed by atoms with E-state index < -0.39 is 5.97 Å². The predicted molar refractivity (Wildman–Crippen MR) is 99.7 cm³/mol. The number of H-pyrrole nitrogens is 1. The first-order valence-electron chi connectivity index (χ1n) is 7.80. The number of carbonyl (C=O) groups is 1. The minimum atomic E-state index is -0.938. The molecule has 0 fully saturated rings. The average molecular weight is 376 g/mol. The van der Waals surface area contributed by atoms with Gasteiger partial charge in [-0.25, -0.2) is 0 Å². The summed E-state index contributed by atoms with van der Waals surface area (Å²) in [6.45, 7) is 0. The van der Waals surface area contributed by atoms with Crippen LogP contribution in [-0.2, 0) is 11.2 Å². The molecule has 7 heteroatoms. The third kappa shape index (κ3) is 3.15. The zero-order valence-electron chi connectivity index (χ0n) is 14.6. The monoisotopic (exact) mass is 375 g/mol. The second kappa shape index (κ2) is 7.17. The fourth-order valence-electron chi connectivity index (χ4n) is 3.01. The number of hydrogen-bond donors (Lipinski definition) is 2. The van der Waals surface area contributed by atoms with Gasteiger partial charge in [0.25, 0.3) is 0 Å². The summed E-state index contributed by atoms with van der Waals surface area (Å²) in [5, 5.41) is 10.7. The molecule has 2 N–H and O–H groups in total. The van der Waals surface area contributed by atoms with E-state index in [1.165, 1.54) is 14.2 Å². The van der Waals surface area contributed by atoms with Crippen molar-refractivity contribution in [3.8, 4) is 28.5 Å². The van der Waals surface area contributed by atoms with Crippen molar-refractivity contribution in [3.63, 3.8) is 0 Å². The topological polar surface area (TPSA) is 80.8 Å². The highest BCUT2D eigenvalue weighted by atomic mass is 35.5. The van der Waals surface area contributed by atoms with Crippen molar-refractivity contribution in [1.82, 2.24) is 4.98 Å². The molecule has 0 spiro atoms. The molecule has 0 radical (unpaired) electrons. The van der Waals surface area contributed by atoms with Gasteiger partial charge in [0.15, 0.2) is 11.5 Å². The maximum Gasteiger partial charge on any atom is 0.307 e. The number of aliphatic carboxylic acids is 1. The summed E-state index contributed by atoms with van der Waals surface area (Å²) < 4.78 is 16.2. The molecule has 0 bridgehead atoms. The quantitative estimate of drug-likeness (QED) is 0.676. The van der Waals surface area contributed by atoms with Crippen molar-refractivity contribution in [2.75, 3.05) is 21.3 Å². The second-order valence-electron chi connectivity index (χ2n) is 5.65. The van der Waals surface area contributed by atoms with Crippen LogP contribution in [0.25, 0.3) is 22.2 Å². The highest BCUT2D eigenvalue weighted by molar-refractivity contribution is 6.31. The number of aromatic nitrogens is 1. The second-order valence-corrected chi connectivity index (χ2v) is 6.08. The number of carboxylic acids is 1. The summed E-state index contributed by atoms with van der Waals surface area (Å²) in [4.78, 5) is 14.7. The van der Waals surface area contributed by atoms with Crippen molar-refractivity contribution in [2.24, 2.45) is 0 Å². The maximum atomic E-state index is 11.4.